The number of amidine groups is 1. The van der Waals surface area contributed by atoms with Crippen molar-refractivity contribution in [1.82, 2.24) is 34.1 Å². The number of allylic oxidation sites excluding steroid dienone is 2. The lowest BCUT2D eigenvalue weighted by Gasteiger charge is -2.29. The zero-order chi connectivity index (χ0) is 53.3. The van der Waals surface area contributed by atoms with Gasteiger partial charge in [-0.1, -0.05) is 199 Å². The number of fused-ring (bicyclic) bond motifs is 2. The van der Waals surface area contributed by atoms with Gasteiger partial charge in [0.2, 0.25) is 0 Å². The van der Waals surface area contributed by atoms with E-state index < -0.39 is 0 Å². The van der Waals surface area contributed by atoms with Crippen molar-refractivity contribution < 1.29 is 0 Å². The Hall–Kier alpha value is -9.34. The lowest BCUT2D eigenvalue weighted by atomic mass is 9.99. The van der Waals surface area contributed by atoms with Gasteiger partial charge in [-0.15, -0.1) is 0 Å². The van der Waals surface area contributed by atoms with Gasteiger partial charge in [0.1, 0.15) is 17.5 Å². The number of para-hydroxylation sites is 7. The maximum Gasteiger partial charge on any atom is 0.164 e. The topological polar surface area (TPSA) is 89.9 Å². The number of anilines is 1. The van der Waals surface area contributed by atoms with E-state index in [1.54, 1.807) is 0 Å². The molecule has 4 heterocycles. The number of aliphatic imine (C=N–C) groups is 1. The Morgan fingerprint density at radius 2 is 0.744 bits per heavy atom. The third-order valence-electron chi connectivity index (χ3n) is 14.6. The van der Waals surface area contributed by atoms with Crippen LogP contribution in [0.1, 0.15) is 81.5 Å². The Labute approximate surface area is 456 Å². The molecule has 0 saturated heterocycles. The molecular formula is C69H61N9. The number of rotatable bonds is 12. The molecule has 8 aromatic carbocycles. The van der Waals surface area contributed by atoms with Crippen LogP contribution in [0, 0.1) is 0 Å². The lowest BCUT2D eigenvalue weighted by molar-refractivity contribution is 0.850. The molecular weight excluding hydrogens is 955 g/mol. The van der Waals surface area contributed by atoms with Gasteiger partial charge in [-0.2, -0.15) is 0 Å². The fourth-order valence-electron chi connectivity index (χ4n) is 10.8. The highest BCUT2D eigenvalue weighted by Crippen LogP contribution is 2.38. The highest BCUT2D eigenvalue weighted by molar-refractivity contribution is 6.11. The van der Waals surface area contributed by atoms with Crippen molar-refractivity contribution in [3.63, 3.8) is 0 Å². The smallest absolute Gasteiger partial charge is 0.164 e. The largest absolute Gasteiger partial charge is 0.322 e. The Morgan fingerprint density at radius 1 is 0.359 bits per heavy atom. The number of nitrogens with zero attached hydrogens (tertiary/aromatic N) is 9. The summed E-state index contributed by atoms with van der Waals surface area (Å²) in [5, 5.41) is 0. The van der Waals surface area contributed by atoms with Crippen LogP contribution in [0.3, 0.4) is 0 Å². The number of hydrogen-bond donors (Lipinski definition) is 0. The zero-order valence-corrected chi connectivity index (χ0v) is 45.0. The zero-order valence-electron chi connectivity index (χ0n) is 45.0. The van der Waals surface area contributed by atoms with Gasteiger partial charge in [-0.05, 0) is 95.1 Å². The normalized spacial score (nSPS) is 14.4. The Bertz CT molecular complexity index is 3920. The lowest BCUT2D eigenvalue weighted by Crippen LogP contribution is -2.33. The molecule has 0 aliphatic carbocycles. The molecule has 0 bridgehead atoms. The molecule has 0 unspecified atom stereocenters. The van der Waals surface area contributed by atoms with Crippen LogP contribution in [0.5, 0.6) is 0 Å². The number of hydrogen-bond acceptors (Lipinski definition) is 7. The predicted octanol–water partition coefficient (Wildman–Crippen LogP) is 16.6. The summed E-state index contributed by atoms with van der Waals surface area (Å²) in [7, 11) is 0. The third kappa shape index (κ3) is 9.53. The fourth-order valence-corrected chi connectivity index (χ4v) is 10.8. The van der Waals surface area contributed by atoms with Crippen LogP contribution in [0.15, 0.2) is 223 Å². The first kappa shape index (κ1) is 49.5. The van der Waals surface area contributed by atoms with Crippen LogP contribution in [-0.2, 0) is 0 Å². The summed E-state index contributed by atoms with van der Waals surface area (Å²) in [6.45, 7) is 14.6. The molecule has 0 amide bonds. The van der Waals surface area contributed by atoms with Gasteiger partial charge in [0.25, 0.3) is 0 Å². The minimum absolute atomic E-state index is 0.298. The second kappa shape index (κ2) is 21.4. The van der Waals surface area contributed by atoms with E-state index in [1.165, 1.54) is 16.7 Å². The molecule has 382 valence electrons. The summed E-state index contributed by atoms with van der Waals surface area (Å²) in [5.74, 6) is 5.09. The summed E-state index contributed by atoms with van der Waals surface area (Å²) < 4.78 is 4.60. The standard InChI is InChI=1S/C69H61N9/c1-45(2)54-30-9-14-35-59(54)76-41-20-8-7-19-40-70-67(76)51-27-21-24-48(42-51)64-73-65(49-25-22-28-52(43-49)68-71-57-33-12-17-38-62(57)77(68)60-36-15-10-31-55(60)46(3)4)75-66(74-64)50-26-23-29-53(44-50)69-72-58-34-13-18-39-63(58)78(69)61-37-16-11-32-56(61)47(5)6/h7-39,42-47H,40-41H2,1-6H3/b19-7-,20-8-,70-67-. The minimum atomic E-state index is 0.298. The van der Waals surface area contributed by atoms with Crippen molar-refractivity contribution in [1.29, 1.82) is 0 Å². The number of benzene rings is 8. The molecule has 9 heteroatoms. The average Bonchev–Trinajstić information content (AvgIpc) is 4.27. The second-order valence-corrected chi connectivity index (χ2v) is 20.8. The third-order valence-corrected chi connectivity index (χ3v) is 14.6. The maximum atomic E-state index is 5.39. The van der Waals surface area contributed by atoms with Gasteiger partial charge < -0.3 is 4.90 Å². The van der Waals surface area contributed by atoms with Crippen molar-refractivity contribution in [2.75, 3.05) is 18.0 Å². The van der Waals surface area contributed by atoms with E-state index in [2.05, 4.69) is 262 Å². The summed E-state index contributed by atoms with van der Waals surface area (Å²) in [6.07, 6.45) is 8.48. The van der Waals surface area contributed by atoms with Gasteiger partial charge in [0.05, 0.1) is 40.0 Å². The van der Waals surface area contributed by atoms with Crippen LogP contribution in [0.2, 0.25) is 0 Å². The van der Waals surface area contributed by atoms with Crippen molar-refractivity contribution >= 4 is 33.6 Å². The first-order chi connectivity index (χ1) is 38.2. The van der Waals surface area contributed by atoms with Crippen LogP contribution < -0.4 is 4.90 Å². The molecule has 0 N–H and O–H groups in total. The summed E-state index contributed by atoms with van der Waals surface area (Å²) in [5.41, 5.74) is 16.4. The number of aromatic nitrogens is 7. The Morgan fingerprint density at radius 3 is 1.23 bits per heavy atom. The van der Waals surface area contributed by atoms with Gasteiger partial charge in [-0.3, -0.25) is 14.1 Å². The quantitative estimate of drug-likeness (QED) is 0.121. The van der Waals surface area contributed by atoms with Gasteiger partial charge >= 0.3 is 0 Å². The van der Waals surface area contributed by atoms with Gasteiger partial charge in [0.15, 0.2) is 17.5 Å². The molecule has 0 radical (unpaired) electrons. The van der Waals surface area contributed by atoms with Gasteiger partial charge in [-0.25, -0.2) is 24.9 Å². The van der Waals surface area contributed by atoms with Crippen molar-refractivity contribution in [2.45, 2.75) is 59.3 Å². The van der Waals surface area contributed by atoms with E-state index in [4.69, 9.17) is 29.9 Å². The van der Waals surface area contributed by atoms with Gasteiger partial charge in [0, 0.05) is 45.6 Å². The molecule has 78 heavy (non-hydrogen) atoms. The van der Waals surface area contributed by atoms with E-state index in [1.807, 2.05) is 12.1 Å². The van der Waals surface area contributed by atoms with Crippen LogP contribution in [-0.4, -0.2) is 53.0 Å². The van der Waals surface area contributed by atoms with E-state index in [9.17, 15) is 0 Å². The van der Waals surface area contributed by atoms with Crippen LogP contribution in [0.4, 0.5) is 5.69 Å². The average molecular weight is 1020 g/mol. The molecule has 3 aromatic heterocycles. The number of imidazole rings is 2. The van der Waals surface area contributed by atoms with E-state index in [-0.39, 0.29) is 0 Å². The van der Waals surface area contributed by atoms with Crippen molar-refractivity contribution in [2.24, 2.45) is 4.99 Å². The van der Waals surface area contributed by atoms with Crippen LogP contribution in [0.25, 0.3) is 90.4 Å². The molecule has 12 rings (SSSR count). The Balaban J connectivity index is 1.04. The molecule has 0 atom stereocenters. The van der Waals surface area contributed by atoms with E-state index >= 15 is 0 Å². The minimum Gasteiger partial charge on any atom is -0.322 e. The first-order valence-electron chi connectivity index (χ1n) is 27.1. The Kier molecular flexibility index (Phi) is 13.6. The summed E-state index contributed by atoms with van der Waals surface area (Å²) >= 11 is 0. The molecule has 11 aromatic rings. The fraction of sp³-hybridized carbons (Fsp3) is 0.159. The van der Waals surface area contributed by atoms with Crippen LogP contribution >= 0.6 is 0 Å². The van der Waals surface area contributed by atoms with Crippen molar-refractivity contribution in [3.8, 4) is 68.3 Å². The SMILES string of the molecule is CC(C)c1ccccc1N1C/C=C\C=C/C/N=C\1c1cccc(-c2nc(-c3cccc(-c4nc5ccccc5n4-c4ccccc4C(C)C)c3)nc(-c3cccc(-c4nc5ccccc5n4-c4ccccc4C(C)C)c3)n2)c1. The molecule has 0 fully saturated rings. The highest BCUT2D eigenvalue weighted by atomic mass is 15.2. The predicted molar refractivity (Wildman–Crippen MR) is 322 cm³/mol. The summed E-state index contributed by atoms with van der Waals surface area (Å²) in [4.78, 5) is 34.4. The molecule has 1 aliphatic heterocycles. The van der Waals surface area contributed by atoms with E-state index in [0.29, 0.717) is 48.3 Å². The molecule has 0 saturated carbocycles. The molecule has 1 aliphatic rings. The first-order valence-corrected chi connectivity index (χ1v) is 27.1. The molecule has 0 spiro atoms. The second-order valence-electron chi connectivity index (χ2n) is 20.8. The van der Waals surface area contributed by atoms with E-state index in [0.717, 1.165) is 90.0 Å². The highest BCUT2D eigenvalue weighted by Gasteiger charge is 2.24. The summed E-state index contributed by atoms with van der Waals surface area (Å²) in [6, 6.07) is 68.1. The molecule has 9 nitrogen and oxygen atoms in total. The van der Waals surface area contributed by atoms with Crippen molar-refractivity contribution in [3.05, 3.63) is 241 Å². The monoisotopic (exact) mass is 1020 g/mol. The maximum absolute atomic E-state index is 5.39.